The number of anilines is 1. The molecule has 0 fully saturated rings. The number of carbonyl (C=O) groups is 2. The van der Waals surface area contributed by atoms with Crippen molar-refractivity contribution in [2.24, 2.45) is 0 Å². The minimum Gasteiger partial charge on any atom is -0.492 e. The Hall–Kier alpha value is -2.02. The molecule has 0 amide bonds. The van der Waals surface area contributed by atoms with Gasteiger partial charge in [-0.3, -0.25) is 0 Å². The maximum atomic E-state index is 11.7. The zero-order valence-corrected chi connectivity index (χ0v) is 13.5. The first-order chi connectivity index (χ1) is 10.0. The van der Waals surface area contributed by atoms with Crippen LogP contribution < -0.4 is 10.1 Å². The molecule has 0 aromatic heterocycles. The molecule has 0 bridgehead atoms. The summed E-state index contributed by atoms with van der Waals surface area (Å²) in [4.78, 5) is 23.0. The first kappa shape index (κ1) is 17.0. The first-order valence-corrected chi connectivity index (χ1v) is 6.88. The third-order valence-electron chi connectivity index (χ3n) is 2.38. The highest BCUT2D eigenvalue weighted by Crippen LogP contribution is 2.29. The molecule has 1 aromatic carbocycles. The third kappa shape index (κ3) is 5.11. The van der Waals surface area contributed by atoms with E-state index in [0.29, 0.717) is 18.0 Å². The van der Waals surface area contributed by atoms with E-state index in [1.165, 1.54) is 14.2 Å². The number of esters is 2. The quantitative estimate of drug-likeness (QED) is 0.622. The van der Waals surface area contributed by atoms with Crippen molar-refractivity contribution in [3.63, 3.8) is 0 Å². The molecule has 21 heavy (non-hydrogen) atoms. The smallest absolute Gasteiger partial charge is 0.354 e. The van der Waals surface area contributed by atoms with Gasteiger partial charge in [0.2, 0.25) is 0 Å². The number of ether oxygens (including phenoxy) is 3. The Labute approximate surface area is 131 Å². The molecule has 0 saturated heterocycles. The lowest BCUT2D eigenvalue weighted by atomic mass is 10.2. The summed E-state index contributed by atoms with van der Waals surface area (Å²) in [5.41, 5.74) is 0.468. The topological polar surface area (TPSA) is 73.9 Å². The summed E-state index contributed by atoms with van der Waals surface area (Å²) in [6, 6.07) is 5.26. The van der Waals surface area contributed by atoms with Crippen LogP contribution in [0, 0.1) is 0 Å². The summed E-state index contributed by atoms with van der Waals surface area (Å²) in [5.74, 6) is -0.820. The SMILES string of the molecule is CCOc1ccc(Br)cc1N/C(=C/C(=O)OC)C(=O)OC. The zero-order valence-electron chi connectivity index (χ0n) is 11.9. The van der Waals surface area contributed by atoms with E-state index < -0.39 is 11.9 Å². The predicted molar refractivity (Wildman–Crippen MR) is 81.0 cm³/mol. The second-order valence-electron chi connectivity index (χ2n) is 3.77. The molecule has 1 aromatic rings. The summed E-state index contributed by atoms with van der Waals surface area (Å²) in [6.45, 7) is 2.31. The molecule has 6 nitrogen and oxygen atoms in total. The number of nitrogens with one attached hydrogen (secondary N) is 1. The molecule has 0 heterocycles. The molecule has 114 valence electrons. The number of hydrogen-bond acceptors (Lipinski definition) is 6. The van der Waals surface area contributed by atoms with Crippen LogP contribution in [-0.4, -0.2) is 32.8 Å². The fourth-order valence-electron chi connectivity index (χ4n) is 1.46. The molecule has 1 rings (SSSR count). The van der Waals surface area contributed by atoms with Crippen molar-refractivity contribution in [1.82, 2.24) is 0 Å². The first-order valence-electron chi connectivity index (χ1n) is 6.09. The van der Waals surface area contributed by atoms with Gasteiger partial charge in [0.15, 0.2) is 0 Å². The minimum absolute atomic E-state index is 0.0524. The molecular weight excluding hydrogens is 342 g/mol. The van der Waals surface area contributed by atoms with Crippen LogP contribution in [0.25, 0.3) is 0 Å². The molecule has 0 aliphatic rings. The van der Waals surface area contributed by atoms with E-state index in [1.54, 1.807) is 18.2 Å². The number of carbonyl (C=O) groups excluding carboxylic acids is 2. The Morgan fingerprint density at radius 3 is 2.57 bits per heavy atom. The molecular formula is C14H16BrNO5. The van der Waals surface area contributed by atoms with E-state index in [0.717, 1.165) is 10.5 Å². The van der Waals surface area contributed by atoms with Gasteiger partial charge in [-0.25, -0.2) is 9.59 Å². The van der Waals surface area contributed by atoms with Crippen molar-refractivity contribution in [2.45, 2.75) is 6.92 Å². The van der Waals surface area contributed by atoms with Crippen molar-refractivity contribution in [1.29, 1.82) is 0 Å². The second-order valence-corrected chi connectivity index (χ2v) is 4.69. The van der Waals surface area contributed by atoms with Gasteiger partial charge in [-0.05, 0) is 25.1 Å². The molecule has 7 heteroatoms. The maximum absolute atomic E-state index is 11.7. The lowest BCUT2D eigenvalue weighted by Crippen LogP contribution is -2.16. The molecule has 0 radical (unpaired) electrons. The Morgan fingerprint density at radius 2 is 2.00 bits per heavy atom. The Kier molecular flexibility index (Phi) is 6.74. The molecule has 0 atom stereocenters. The number of halogens is 1. The van der Waals surface area contributed by atoms with E-state index in [-0.39, 0.29) is 5.70 Å². The fourth-order valence-corrected chi connectivity index (χ4v) is 1.82. The van der Waals surface area contributed by atoms with E-state index >= 15 is 0 Å². The molecule has 0 spiro atoms. The second kappa shape index (κ2) is 8.31. The Morgan fingerprint density at radius 1 is 1.29 bits per heavy atom. The molecule has 0 saturated carbocycles. The van der Waals surface area contributed by atoms with Gasteiger partial charge in [-0.1, -0.05) is 15.9 Å². The summed E-state index contributed by atoms with van der Waals surface area (Å²) in [7, 11) is 2.44. The van der Waals surface area contributed by atoms with Gasteiger partial charge in [0.25, 0.3) is 0 Å². The number of hydrogen-bond donors (Lipinski definition) is 1. The van der Waals surface area contributed by atoms with Crippen LogP contribution in [0.3, 0.4) is 0 Å². The average molecular weight is 358 g/mol. The standard InChI is InChI=1S/C14H16BrNO5/c1-4-21-12-6-5-9(15)7-10(12)16-11(14(18)20-3)8-13(17)19-2/h5-8,16H,4H2,1-3H3/b11-8+. The van der Waals surface area contributed by atoms with E-state index in [9.17, 15) is 9.59 Å². The van der Waals surface area contributed by atoms with Gasteiger partial charge in [-0.2, -0.15) is 0 Å². The third-order valence-corrected chi connectivity index (χ3v) is 2.87. The van der Waals surface area contributed by atoms with Crippen molar-refractivity contribution in [3.05, 3.63) is 34.4 Å². The average Bonchev–Trinajstić information content (AvgIpc) is 2.48. The van der Waals surface area contributed by atoms with Crippen LogP contribution in [0.1, 0.15) is 6.92 Å². The normalized spacial score (nSPS) is 10.8. The molecule has 0 aliphatic heterocycles. The molecule has 0 aliphatic carbocycles. The van der Waals surface area contributed by atoms with Crippen LogP contribution in [0.2, 0.25) is 0 Å². The summed E-state index contributed by atoms with van der Waals surface area (Å²) >= 11 is 3.33. The highest BCUT2D eigenvalue weighted by Gasteiger charge is 2.15. The van der Waals surface area contributed by atoms with E-state index in [4.69, 9.17) is 4.74 Å². The largest absolute Gasteiger partial charge is 0.492 e. The van der Waals surface area contributed by atoms with E-state index in [1.807, 2.05) is 6.92 Å². The highest BCUT2D eigenvalue weighted by molar-refractivity contribution is 9.10. The Balaban J connectivity index is 3.13. The van der Waals surface area contributed by atoms with Crippen LogP contribution in [0.4, 0.5) is 5.69 Å². The zero-order chi connectivity index (χ0) is 15.8. The number of benzene rings is 1. The fraction of sp³-hybridized carbons (Fsp3) is 0.286. The predicted octanol–water partition coefficient (Wildman–Crippen LogP) is 2.49. The van der Waals surface area contributed by atoms with Gasteiger partial charge in [0.1, 0.15) is 11.4 Å². The monoisotopic (exact) mass is 357 g/mol. The molecule has 0 unspecified atom stereocenters. The maximum Gasteiger partial charge on any atom is 0.354 e. The van der Waals surface area contributed by atoms with Crippen LogP contribution in [0.15, 0.2) is 34.4 Å². The van der Waals surface area contributed by atoms with E-state index in [2.05, 4.69) is 30.7 Å². The van der Waals surface area contributed by atoms with Gasteiger partial charge in [-0.15, -0.1) is 0 Å². The summed E-state index contributed by atoms with van der Waals surface area (Å²) in [6.07, 6.45) is 1.02. The van der Waals surface area contributed by atoms with Crippen molar-refractivity contribution in [3.8, 4) is 5.75 Å². The minimum atomic E-state index is -0.692. The Bertz CT molecular complexity index is 556. The highest BCUT2D eigenvalue weighted by atomic mass is 79.9. The van der Waals surface area contributed by atoms with Crippen LogP contribution in [-0.2, 0) is 19.1 Å². The van der Waals surface area contributed by atoms with Crippen LogP contribution >= 0.6 is 15.9 Å². The van der Waals surface area contributed by atoms with Crippen LogP contribution in [0.5, 0.6) is 5.75 Å². The van der Waals surface area contributed by atoms with Gasteiger partial charge >= 0.3 is 11.9 Å². The van der Waals surface area contributed by atoms with Gasteiger partial charge in [0, 0.05) is 4.47 Å². The lowest BCUT2D eigenvalue weighted by molar-refractivity contribution is -0.138. The van der Waals surface area contributed by atoms with Gasteiger partial charge in [0.05, 0.1) is 32.6 Å². The lowest BCUT2D eigenvalue weighted by Gasteiger charge is -2.14. The van der Waals surface area contributed by atoms with Crippen molar-refractivity contribution >= 4 is 33.6 Å². The number of methoxy groups -OCH3 is 2. The number of rotatable bonds is 6. The van der Waals surface area contributed by atoms with Crippen molar-refractivity contribution < 1.29 is 23.8 Å². The van der Waals surface area contributed by atoms with Gasteiger partial charge < -0.3 is 19.5 Å². The van der Waals surface area contributed by atoms with Crippen molar-refractivity contribution in [2.75, 3.05) is 26.1 Å². The molecule has 1 N–H and O–H groups in total. The summed E-state index contributed by atoms with van der Waals surface area (Å²) in [5, 5.41) is 2.82. The summed E-state index contributed by atoms with van der Waals surface area (Å²) < 4.78 is 15.4.